The number of aryl methyl sites for hydroxylation is 1. The van der Waals surface area contributed by atoms with Crippen LogP contribution in [0.15, 0.2) is 32.0 Å². The van der Waals surface area contributed by atoms with Crippen molar-refractivity contribution >= 4 is 74.8 Å². The zero-order chi connectivity index (χ0) is 22.8. The minimum atomic E-state index is -1.44. The molecule has 2 aromatic heterocycles. The number of thioether (sulfide) groups is 2. The molecular formula is C17H15N6NaO5S4. The zero-order valence-electron chi connectivity index (χ0n) is 17.1. The Morgan fingerprint density at radius 3 is 2.82 bits per heavy atom. The third-order valence-electron chi connectivity index (χ3n) is 4.61. The fourth-order valence-electron chi connectivity index (χ4n) is 3.15. The molecule has 16 heteroatoms. The van der Waals surface area contributed by atoms with Crippen molar-refractivity contribution in [3.8, 4) is 0 Å². The number of fused-ring (bicyclic) bond motifs is 1. The predicted octanol–water partition coefficient (Wildman–Crippen LogP) is -3.30. The molecule has 1 fully saturated rings. The van der Waals surface area contributed by atoms with Crippen molar-refractivity contribution in [2.75, 3.05) is 17.2 Å². The van der Waals surface area contributed by atoms with Crippen LogP contribution in [0, 0.1) is 0 Å². The van der Waals surface area contributed by atoms with Gasteiger partial charge in [0.25, 0.3) is 11.8 Å². The number of β-lactam (4-membered cyclic amide) rings is 1. The van der Waals surface area contributed by atoms with Gasteiger partial charge in [0.2, 0.25) is 0 Å². The van der Waals surface area contributed by atoms with E-state index in [-0.39, 0.29) is 51.8 Å². The molecule has 4 N–H and O–H groups in total. The van der Waals surface area contributed by atoms with E-state index in [2.05, 4.69) is 20.4 Å². The van der Waals surface area contributed by atoms with Crippen molar-refractivity contribution in [2.24, 2.45) is 5.16 Å². The van der Waals surface area contributed by atoms with E-state index in [4.69, 9.17) is 5.73 Å². The van der Waals surface area contributed by atoms with Gasteiger partial charge in [0.15, 0.2) is 10.8 Å². The monoisotopic (exact) mass is 534 g/mol. The molecule has 33 heavy (non-hydrogen) atoms. The van der Waals surface area contributed by atoms with Crippen molar-refractivity contribution in [2.45, 2.75) is 17.8 Å². The molecule has 4 rings (SSSR count). The molecule has 2 aliphatic rings. The van der Waals surface area contributed by atoms with E-state index in [1.54, 1.807) is 5.51 Å². The molecule has 4 heterocycles. The van der Waals surface area contributed by atoms with Crippen molar-refractivity contribution in [3.63, 3.8) is 0 Å². The number of carbonyl (C=O) groups excluding carboxylic acids is 3. The summed E-state index contributed by atoms with van der Waals surface area (Å²) in [6.45, 7) is 0. The third-order valence-corrected chi connectivity index (χ3v) is 8.48. The molecule has 0 unspecified atom stereocenters. The molecular weight excluding hydrogens is 519 g/mol. The Morgan fingerprint density at radius 2 is 2.21 bits per heavy atom. The molecule has 1 saturated heterocycles. The van der Waals surface area contributed by atoms with Gasteiger partial charge in [-0.2, -0.15) is 0 Å². The van der Waals surface area contributed by atoms with Crippen LogP contribution < -0.4 is 45.7 Å². The van der Waals surface area contributed by atoms with Crippen molar-refractivity contribution in [3.05, 3.63) is 38.3 Å². The zero-order valence-corrected chi connectivity index (χ0v) is 22.4. The maximum Gasteiger partial charge on any atom is 1.00 e. The number of oxime groups is 1. The number of anilines is 1. The van der Waals surface area contributed by atoms with Crippen LogP contribution in [-0.4, -0.2) is 66.5 Å². The molecule has 0 spiro atoms. The predicted molar refractivity (Wildman–Crippen MR) is 120 cm³/mol. The normalized spacial score (nSPS) is 20.1. The second kappa shape index (κ2) is 11.2. The van der Waals surface area contributed by atoms with E-state index in [0.29, 0.717) is 22.8 Å². The van der Waals surface area contributed by atoms with Crippen molar-refractivity contribution < 1.29 is 54.3 Å². The molecule has 168 valence electrons. The van der Waals surface area contributed by atoms with E-state index < -0.39 is 29.2 Å². The molecule has 0 saturated carbocycles. The first-order valence-electron chi connectivity index (χ1n) is 9.04. The summed E-state index contributed by atoms with van der Waals surface area (Å²) in [6, 6.07) is -0.976. The Bertz CT molecular complexity index is 1120. The summed E-state index contributed by atoms with van der Waals surface area (Å²) >= 11 is 5.23. The fourth-order valence-corrected chi connectivity index (χ4v) is 6.90. The van der Waals surface area contributed by atoms with Crippen LogP contribution in [0.3, 0.4) is 0 Å². The SMILES string of the molecule is Nc1nc(/C(=N/O)C(=O)N[C@@H]2C(=O)N3C(C(=O)[O-])=C(SCCc4cscn4)CS[C@H]23)cs1.[Na+]. The van der Waals surface area contributed by atoms with E-state index in [1.165, 1.54) is 40.2 Å². The van der Waals surface area contributed by atoms with Crippen LogP contribution in [0.1, 0.15) is 11.4 Å². The Morgan fingerprint density at radius 1 is 1.42 bits per heavy atom. The van der Waals surface area contributed by atoms with Crippen LogP contribution in [0.25, 0.3) is 0 Å². The van der Waals surface area contributed by atoms with Crippen LogP contribution in [0.5, 0.6) is 0 Å². The van der Waals surface area contributed by atoms with Gasteiger partial charge in [-0.25, -0.2) is 9.97 Å². The largest absolute Gasteiger partial charge is 1.00 e. The molecule has 2 aromatic rings. The van der Waals surface area contributed by atoms with Crippen LogP contribution in [-0.2, 0) is 20.8 Å². The standard InChI is InChI=1S/C17H16N6O5S4.Na/c18-17-20-8(4-32-17)10(22-28)13(24)21-11-14(25)23-12(16(26)27)9(5-31-15(11)23)30-2-1-7-3-29-6-19-7;/h3-4,6,11,15,28H,1-2,5H2,(H2,18,20)(H,21,24)(H,26,27);/q;+1/p-1/b22-10-;/t11-,15-;/m1./s1. The molecule has 2 atom stereocenters. The number of amides is 2. The number of nitrogens with one attached hydrogen (secondary N) is 1. The molecule has 2 aliphatic heterocycles. The summed E-state index contributed by atoms with van der Waals surface area (Å²) in [5.41, 5.74) is 7.71. The fraction of sp³-hybridized carbons (Fsp3) is 0.294. The van der Waals surface area contributed by atoms with Gasteiger partial charge in [-0.1, -0.05) is 5.16 Å². The number of nitrogens with zero attached hydrogens (tertiary/aromatic N) is 4. The second-order valence-corrected chi connectivity index (χ2v) is 10.4. The van der Waals surface area contributed by atoms with Gasteiger partial charge in [-0.15, -0.1) is 46.2 Å². The van der Waals surface area contributed by atoms with Gasteiger partial charge in [0, 0.05) is 27.2 Å². The number of nitrogens with two attached hydrogens (primary N) is 1. The Labute approximate surface area is 226 Å². The molecule has 0 bridgehead atoms. The third kappa shape index (κ3) is 5.39. The first kappa shape index (κ1) is 26.0. The number of carbonyl (C=O) groups is 3. The molecule has 11 nitrogen and oxygen atoms in total. The smallest absolute Gasteiger partial charge is 0.543 e. The van der Waals surface area contributed by atoms with Crippen molar-refractivity contribution in [1.29, 1.82) is 0 Å². The quantitative estimate of drug-likeness (QED) is 0.102. The number of nitrogen functional groups attached to an aromatic ring is 1. The van der Waals surface area contributed by atoms with Gasteiger partial charge in [0.1, 0.15) is 17.1 Å². The molecule has 0 aliphatic carbocycles. The number of aromatic nitrogens is 2. The molecule has 0 radical (unpaired) electrons. The minimum Gasteiger partial charge on any atom is -0.543 e. The van der Waals surface area contributed by atoms with Gasteiger partial charge >= 0.3 is 29.6 Å². The summed E-state index contributed by atoms with van der Waals surface area (Å²) in [6.07, 6.45) is 0.670. The van der Waals surface area contributed by atoms with Gasteiger partial charge in [-0.3, -0.25) is 14.5 Å². The number of thiazole rings is 2. The van der Waals surface area contributed by atoms with E-state index >= 15 is 0 Å². The maximum absolute atomic E-state index is 12.7. The maximum atomic E-state index is 12.7. The summed E-state index contributed by atoms with van der Waals surface area (Å²) < 4.78 is 0. The number of carboxylic acid groups (broad SMARTS) is 1. The first-order valence-corrected chi connectivity index (χ1v) is 12.9. The Balaban J connectivity index is 0.00000306. The number of aliphatic carboxylic acids is 1. The van der Waals surface area contributed by atoms with E-state index in [1.807, 2.05) is 5.38 Å². The molecule has 2 amide bonds. The summed E-state index contributed by atoms with van der Waals surface area (Å²) in [4.78, 5) is 46.8. The van der Waals surface area contributed by atoms with E-state index in [0.717, 1.165) is 21.9 Å². The van der Waals surface area contributed by atoms with Gasteiger partial charge in [0.05, 0.1) is 22.9 Å². The van der Waals surface area contributed by atoms with Crippen molar-refractivity contribution in [1.82, 2.24) is 20.2 Å². The first-order chi connectivity index (χ1) is 15.4. The number of hydrogen-bond donors (Lipinski definition) is 3. The van der Waals surface area contributed by atoms with E-state index in [9.17, 15) is 24.7 Å². The number of rotatable bonds is 8. The Kier molecular flexibility index (Phi) is 8.82. The summed E-state index contributed by atoms with van der Waals surface area (Å²) in [5, 5.41) is 29.4. The Hall–Kier alpha value is -1.62. The van der Waals surface area contributed by atoms with Crippen LogP contribution >= 0.6 is 46.2 Å². The summed E-state index contributed by atoms with van der Waals surface area (Å²) in [7, 11) is 0. The van der Waals surface area contributed by atoms with Gasteiger partial charge < -0.3 is 26.2 Å². The molecule has 0 aromatic carbocycles. The minimum absolute atomic E-state index is 0. The van der Waals surface area contributed by atoms with Gasteiger partial charge in [-0.05, 0) is 6.42 Å². The average Bonchev–Trinajstić information content (AvgIpc) is 3.44. The second-order valence-electron chi connectivity index (χ2n) is 6.52. The van der Waals surface area contributed by atoms with Crippen LogP contribution in [0.2, 0.25) is 0 Å². The average molecular weight is 535 g/mol. The number of carboxylic acids is 1. The van der Waals surface area contributed by atoms with Crippen LogP contribution in [0.4, 0.5) is 5.13 Å². The topological polar surface area (TPSA) is 174 Å². The number of hydrogen-bond acceptors (Lipinski definition) is 13. The summed E-state index contributed by atoms with van der Waals surface area (Å²) in [5.74, 6) is -1.88.